The number of aryl methyl sites for hydroxylation is 1. The van der Waals surface area contributed by atoms with Crippen molar-refractivity contribution in [2.75, 3.05) is 5.01 Å². The van der Waals surface area contributed by atoms with Crippen LogP contribution in [-0.4, -0.2) is 17.0 Å². The van der Waals surface area contributed by atoms with E-state index in [1.54, 1.807) is 6.92 Å². The Morgan fingerprint density at radius 1 is 1.37 bits per heavy atom. The Balaban J connectivity index is 3.30. The van der Waals surface area contributed by atoms with E-state index < -0.39 is 22.8 Å². The first kappa shape index (κ1) is 15.4. The van der Waals surface area contributed by atoms with Crippen molar-refractivity contribution < 1.29 is 17.6 Å². The number of nitrogens with zero attached hydrogens (tertiary/aromatic N) is 2. The molecular formula is C11H11F4N3S. The van der Waals surface area contributed by atoms with Crippen molar-refractivity contribution in [3.63, 3.8) is 0 Å². The number of nitrogens with two attached hydrogens (primary N) is 1. The van der Waals surface area contributed by atoms with Crippen molar-refractivity contribution in [3.8, 4) is 0 Å². The lowest BCUT2D eigenvalue weighted by Crippen LogP contribution is -2.34. The van der Waals surface area contributed by atoms with Gasteiger partial charge in [-0.3, -0.25) is 0 Å². The van der Waals surface area contributed by atoms with E-state index in [1.165, 1.54) is 12.1 Å². The zero-order chi connectivity index (χ0) is 14.8. The topological polar surface area (TPSA) is 41.6 Å². The molecule has 0 atom stereocenters. The van der Waals surface area contributed by atoms with Gasteiger partial charge >= 0.3 is 6.18 Å². The first-order chi connectivity index (χ1) is 8.62. The zero-order valence-corrected chi connectivity index (χ0v) is 10.9. The lowest BCUT2D eigenvalue weighted by atomic mass is 10.2. The molecule has 1 aromatic rings. The van der Waals surface area contributed by atoms with E-state index in [9.17, 15) is 17.6 Å². The molecular weight excluding hydrogens is 282 g/mol. The Labute approximate surface area is 112 Å². The standard InChI is InChI=1S/C11H11F4N3S/c1-6-3-4-8(12)5-9(6)18(10(16)19)17-7(2)11(13,14)15/h3-5H,1-2H3,(H2,16,19)/b17-7+. The third kappa shape index (κ3) is 3.88. The van der Waals surface area contributed by atoms with Crippen molar-refractivity contribution in [2.24, 2.45) is 10.8 Å². The second-order valence-electron chi connectivity index (χ2n) is 3.76. The van der Waals surface area contributed by atoms with Gasteiger partial charge in [0, 0.05) is 0 Å². The quantitative estimate of drug-likeness (QED) is 0.394. The van der Waals surface area contributed by atoms with Crippen LogP contribution in [-0.2, 0) is 0 Å². The first-order valence-corrected chi connectivity index (χ1v) is 5.52. The van der Waals surface area contributed by atoms with Crippen LogP contribution in [0.2, 0.25) is 0 Å². The largest absolute Gasteiger partial charge is 0.430 e. The molecule has 0 aromatic heterocycles. The maximum absolute atomic E-state index is 13.2. The van der Waals surface area contributed by atoms with Gasteiger partial charge in [0.15, 0.2) is 5.11 Å². The van der Waals surface area contributed by atoms with E-state index in [-0.39, 0.29) is 5.69 Å². The van der Waals surface area contributed by atoms with Crippen LogP contribution in [0.15, 0.2) is 23.3 Å². The Bertz CT molecular complexity index is 525. The molecule has 0 bridgehead atoms. The van der Waals surface area contributed by atoms with E-state index in [1.807, 2.05) is 0 Å². The fourth-order valence-corrected chi connectivity index (χ4v) is 1.38. The van der Waals surface area contributed by atoms with Gasteiger partial charge in [-0.25, -0.2) is 9.40 Å². The van der Waals surface area contributed by atoms with Gasteiger partial charge in [0.2, 0.25) is 0 Å². The third-order valence-corrected chi connectivity index (χ3v) is 2.44. The molecule has 1 rings (SSSR count). The summed E-state index contributed by atoms with van der Waals surface area (Å²) in [5.74, 6) is -0.623. The minimum atomic E-state index is -4.61. The molecule has 0 aliphatic rings. The molecule has 0 heterocycles. The third-order valence-electron chi connectivity index (χ3n) is 2.27. The van der Waals surface area contributed by atoms with E-state index >= 15 is 0 Å². The van der Waals surface area contributed by atoms with E-state index in [0.717, 1.165) is 13.0 Å². The lowest BCUT2D eigenvalue weighted by Gasteiger charge is -2.20. The number of benzene rings is 1. The molecule has 0 spiro atoms. The molecule has 0 aliphatic heterocycles. The fraction of sp³-hybridized carbons (Fsp3) is 0.273. The van der Waals surface area contributed by atoms with Gasteiger partial charge < -0.3 is 5.73 Å². The van der Waals surface area contributed by atoms with Crippen LogP contribution in [0.1, 0.15) is 12.5 Å². The molecule has 0 saturated heterocycles. The number of anilines is 1. The molecule has 0 saturated carbocycles. The Morgan fingerprint density at radius 2 is 1.95 bits per heavy atom. The van der Waals surface area contributed by atoms with Crippen LogP contribution < -0.4 is 10.7 Å². The highest BCUT2D eigenvalue weighted by molar-refractivity contribution is 7.80. The smallest absolute Gasteiger partial charge is 0.374 e. The van der Waals surface area contributed by atoms with Crippen LogP contribution in [0.5, 0.6) is 0 Å². The van der Waals surface area contributed by atoms with Gasteiger partial charge in [0.05, 0.1) is 5.69 Å². The number of hydrogen-bond donors (Lipinski definition) is 1. The van der Waals surface area contributed by atoms with Crippen LogP contribution >= 0.6 is 12.2 Å². The average molecular weight is 293 g/mol. The number of halogens is 4. The molecule has 0 radical (unpaired) electrons. The van der Waals surface area contributed by atoms with E-state index in [0.29, 0.717) is 10.6 Å². The zero-order valence-electron chi connectivity index (χ0n) is 10.1. The lowest BCUT2D eigenvalue weighted by molar-refractivity contribution is -0.0593. The predicted octanol–water partition coefficient (Wildman–Crippen LogP) is 3.12. The van der Waals surface area contributed by atoms with Gasteiger partial charge in [0.25, 0.3) is 0 Å². The van der Waals surface area contributed by atoms with Crippen LogP contribution in [0.4, 0.5) is 23.2 Å². The van der Waals surface area contributed by atoms with Crippen LogP contribution in [0, 0.1) is 12.7 Å². The number of alkyl halides is 3. The van der Waals surface area contributed by atoms with Gasteiger partial charge in [-0.05, 0) is 43.8 Å². The summed E-state index contributed by atoms with van der Waals surface area (Å²) < 4.78 is 50.5. The molecule has 0 amide bonds. The van der Waals surface area contributed by atoms with Gasteiger partial charge in [-0.1, -0.05) is 6.07 Å². The normalized spacial score (nSPS) is 12.4. The minimum absolute atomic E-state index is 0.0658. The minimum Gasteiger partial charge on any atom is -0.374 e. The van der Waals surface area contributed by atoms with E-state index in [2.05, 4.69) is 17.3 Å². The number of hydrazone groups is 1. The Hall–Kier alpha value is -1.70. The summed E-state index contributed by atoms with van der Waals surface area (Å²) in [6.45, 7) is 2.36. The highest BCUT2D eigenvalue weighted by Gasteiger charge is 2.33. The first-order valence-electron chi connectivity index (χ1n) is 5.11. The second-order valence-corrected chi connectivity index (χ2v) is 4.18. The fourth-order valence-electron chi connectivity index (χ4n) is 1.24. The summed E-state index contributed by atoms with van der Waals surface area (Å²) in [5.41, 5.74) is 4.76. The summed E-state index contributed by atoms with van der Waals surface area (Å²) in [7, 11) is 0. The van der Waals surface area contributed by atoms with Gasteiger partial charge in [-0.15, -0.1) is 0 Å². The van der Waals surface area contributed by atoms with E-state index in [4.69, 9.17) is 5.73 Å². The highest BCUT2D eigenvalue weighted by atomic mass is 32.1. The SMILES string of the molecule is C/C(=N\N(C(N)=S)c1cc(F)ccc1C)C(F)(F)F. The highest BCUT2D eigenvalue weighted by Crippen LogP contribution is 2.24. The van der Waals surface area contributed by atoms with Crippen molar-refractivity contribution in [1.82, 2.24) is 0 Å². The molecule has 0 aliphatic carbocycles. The average Bonchev–Trinajstić information content (AvgIpc) is 2.27. The number of rotatable bonds is 2. The summed E-state index contributed by atoms with van der Waals surface area (Å²) in [5, 5.41) is 3.60. The summed E-state index contributed by atoms with van der Waals surface area (Å²) in [4.78, 5) is 0. The molecule has 1 aromatic carbocycles. The Kier molecular flexibility index (Phi) is 4.46. The number of hydrogen-bond acceptors (Lipinski definition) is 2. The summed E-state index contributed by atoms with van der Waals surface area (Å²) >= 11 is 4.65. The second kappa shape index (κ2) is 5.52. The summed E-state index contributed by atoms with van der Waals surface area (Å²) in [6.07, 6.45) is -4.61. The molecule has 19 heavy (non-hydrogen) atoms. The van der Waals surface area contributed by atoms with Crippen molar-refractivity contribution >= 4 is 28.7 Å². The molecule has 3 nitrogen and oxygen atoms in total. The van der Waals surface area contributed by atoms with Gasteiger partial charge in [0.1, 0.15) is 11.5 Å². The van der Waals surface area contributed by atoms with Crippen LogP contribution in [0.25, 0.3) is 0 Å². The molecule has 0 fully saturated rings. The van der Waals surface area contributed by atoms with Crippen molar-refractivity contribution in [1.29, 1.82) is 0 Å². The van der Waals surface area contributed by atoms with Crippen molar-refractivity contribution in [3.05, 3.63) is 29.6 Å². The maximum atomic E-state index is 13.2. The molecule has 104 valence electrons. The molecule has 2 N–H and O–H groups in total. The Morgan fingerprint density at radius 3 is 2.42 bits per heavy atom. The molecule has 8 heteroatoms. The summed E-state index contributed by atoms with van der Waals surface area (Å²) in [6, 6.07) is 3.59. The molecule has 0 unspecified atom stereocenters. The number of thiocarbonyl (C=S) groups is 1. The predicted molar refractivity (Wildman–Crippen MR) is 69.6 cm³/mol. The van der Waals surface area contributed by atoms with Crippen LogP contribution in [0.3, 0.4) is 0 Å². The van der Waals surface area contributed by atoms with Gasteiger partial charge in [-0.2, -0.15) is 18.3 Å². The maximum Gasteiger partial charge on any atom is 0.430 e. The van der Waals surface area contributed by atoms with Crippen molar-refractivity contribution in [2.45, 2.75) is 20.0 Å². The monoisotopic (exact) mass is 293 g/mol.